The monoisotopic (exact) mass is 377 g/mol. The zero-order chi connectivity index (χ0) is 18.8. The smallest absolute Gasteiger partial charge is 0.257 e. The van der Waals surface area contributed by atoms with E-state index in [0.717, 1.165) is 17.9 Å². The van der Waals surface area contributed by atoms with Crippen molar-refractivity contribution in [2.75, 3.05) is 5.32 Å². The number of hydrogen-bond donors (Lipinski definition) is 1. The molecule has 0 radical (unpaired) electrons. The summed E-state index contributed by atoms with van der Waals surface area (Å²) in [6, 6.07) is 11.5. The van der Waals surface area contributed by atoms with Gasteiger partial charge in [0, 0.05) is 34.9 Å². The van der Waals surface area contributed by atoms with Crippen molar-refractivity contribution < 1.29 is 4.79 Å². The molecule has 0 saturated heterocycles. The third kappa shape index (κ3) is 3.41. The van der Waals surface area contributed by atoms with Crippen LogP contribution in [0.5, 0.6) is 0 Å². The summed E-state index contributed by atoms with van der Waals surface area (Å²) in [7, 11) is 0. The lowest BCUT2D eigenvalue weighted by Crippen LogP contribution is -2.16. The molecule has 0 bridgehead atoms. The van der Waals surface area contributed by atoms with Gasteiger partial charge in [-0.05, 0) is 49.6 Å². The Morgan fingerprint density at radius 2 is 2.07 bits per heavy atom. The van der Waals surface area contributed by atoms with Crippen LogP contribution in [0.4, 0.5) is 5.69 Å². The molecule has 4 aromatic rings. The zero-order valence-electron chi connectivity index (χ0n) is 15.1. The first kappa shape index (κ1) is 17.2. The first-order chi connectivity index (χ1) is 13.1. The van der Waals surface area contributed by atoms with Gasteiger partial charge in [0.15, 0.2) is 5.82 Å². The first-order valence-corrected chi connectivity index (χ1v) is 9.47. The SMILES string of the molecule is Cc1cc(C(=O)Nc2cccnc2-n2cccn2)c(C)n1Cc1cccs1. The third-order valence-electron chi connectivity index (χ3n) is 4.47. The Morgan fingerprint density at radius 3 is 2.81 bits per heavy atom. The molecule has 136 valence electrons. The molecule has 6 nitrogen and oxygen atoms in total. The molecule has 0 spiro atoms. The largest absolute Gasteiger partial charge is 0.343 e. The Labute approximate surface area is 161 Å². The van der Waals surface area contributed by atoms with Crippen molar-refractivity contribution >= 4 is 22.9 Å². The summed E-state index contributed by atoms with van der Waals surface area (Å²) in [5.74, 6) is 0.435. The van der Waals surface area contributed by atoms with E-state index in [1.807, 2.05) is 38.1 Å². The summed E-state index contributed by atoms with van der Waals surface area (Å²) in [6.07, 6.45) is 5.16. The van der Waals surface area contributed by atoms with Crippen molar-refractivity contribution in [3.8, 4) is 5.82 Å². The number of nitrogens with zero attached hydrogens (tertiary/aromatic N) is 4. The number of hydrogen-bond acceptors (Lipinski definition) is 4. The molecule has 0 aliphatic carbocycles. The summed E-state index contributed by atoms with van der Waals surface area (Å²) in [5, 5.41) is 9.25. The van der Waals surface area contributed by atoms with Crippen LogP contribution in [0.15, 0.2) is 60.4 Å². The zero-order valence-corrected chi connectivity index (χ0v) is 15.9. The minimum absolute atomic E-state index is 0.151. The second-order valence-electron chi connectivity index (χ2n) is 6.23. The summed E-state index contributed by atoms with van der Waals surface area (Å²) < 4.78 is 3.80. The summed E-state index contributed by atoms with van der Waals surface area (Å²) >= 11 is 1.72. The van der Waals surface area contributed by atoms with Crippen LogP contribution in [0.3, 0.4) is 0 Å². The van der Waals surface area contributed by atoms with Gasteiger partial charge in [0.25, 0.3) is 5.91 Å². The van der Waals surface area contributed by atoms with Crippen molar-refractivity contribution in [1.82, 2.24) is 19.3 Å². The van der Waals surface area contributed by atoms with Gasteiger partial charge in [0.2, 0.25) is 0 Å². The van der Waals surface area contributed by atoms with Gasteiger partial charge in [0.05, 0.1) is 17.8 Å². The van der Waals surface area contributed by atoms with Gasteiger partial charge in [0.1, 0.15) is 0 Å². The molecular formula is C20H19N5OS. The fourth-order valence-corrected chi connectivity index (χ4v) is 3.79. The van der Waals surface area contributed by atoms with E-state index < -0.39 is 0 Å². The minimum Gasteiger partial charge on any atom is -0.343 e. The molecule has 0 aliphatic heterocycles. The Bertz CT molecular complexity index is 1060. The predicted molar refractivity (Wildman–Crippen MR) is 107 cm³/mol. The second-order valence-corrected chi connectivity index (χ2v) is 7.26. The maximum atomic E-state index is 12.9. The number of aromatic nitrogens is 4. The van der Waals surface area contributed by atoms with E-state index in [-0.39, 0.29) is 5.91 Å². The highest BCUT2D eigenvalue weighted by molar-refractivity contribution is 7.09. The lowest BCUT2D eigenvalue weighted by Gasteiger charge is -2.11. The highest BCUT2D eigenvalue weighted by atomic mass is 32.1. The predicted octanol–water partition coefficient (Wildman–Crippen LogP) is 4.05. The standard InChI is InChI=1S/C20H19N5OS/c1-14-12-17(15(2)24(14)13-16-6-4-11-27-16)20(26)23-18-7-3-8-21-19(18)25-10-5-9-22-25/h3-12H,13H2,1-2H3,(H,23,26). The number of carbonyl (C=O) groups is 1. The first-order valence-electron chi connectivity index (χ1n) is 8.59. The van der Waals surface area contributed by atoms with E-state index in [0.29, 0.717) is 17.1 Å². The molecule has 0 aliphatic rings. The van der Waals surface area contributed by atoms with E-state index in [2.05, 4.69) is 31.4 Å². The number of pyridine rings is 1. The second kappa shape index (κ2) is 7.20. The lowest BCUT2D eigenvalue weighted by atomic mass is 10.2. The maximum Gasteiger partial charge on any atom is 0.257 e. The number of nitrogens with one attached hydrogen (secondary N) is 1. The van der Waals surface area contributed by atoms with Gasteiger partial charge in [-0.3, -0.25) is 4.79 Å². The van der Waals surface area contributed by atoms with E-state index >= 15 is 0 Å². The molecule has 0 fully saturated rings. The van der Waals surface area contributed by atoms with E-state index in [1.54, 1.807) is 40.7 Å². The Balaban J connectivity index is 1.62. The molecule has 1 amide bonds. The average Bonchev–Trinajstić information content (AvgIpc) is 3.41. The van der Waals surface area contributed by atoms with Gasteiger partial charge in [-0.2, -0.15) is 5.10 Å². The Kier molecular flexibility index (Phi) is 4.60. The molecule has 0 saturated carbocycles. The minimum atomic E-state index is -0.151. The molecular weight excluding hydrogens is 358 g/mol. The molecule has 4 rings (SSSR count). The molecule has 7 heteroatoms. The van der Waals surface area contributed by atoms with Crippen LogP contribution in [0, 0.1) is 13.8 Å². The van der Waals surface area contributed by atoms with E-state index in [1.165, 1.54) is 4.88 Å². The number of amides is 1. The highest BCUT2D eigenvalue weighted by Gasteiger charge is 2.18. The number of rotatable bonds is 5. The Hall–Kier alpha value is -3.19. The molecule has 0 unspecified atom stereocenters. The van der Waals surface area contributed by atoms with Crippen molar-refractivity contribution in [3.05, 3.63) is 82.2 Å². The Morgan fingerprint density at radius 1 is 1.19 bits per heavy atom. The summed E-state index contributed by atoms with van der Waals surface area (Å²) in [6.45, 7) is 4.78. The molecule has 0 atom stereocenters. The summed E-state index contributed by atoms with van der Waals surface area (Å²) in [4.78, 5) is 18.6. The van der Waals surface area contributed by atoms with E-state index in [4.69, 9.17) is 0 Å². The molecule has 4 heterocycles. The quantitative estimate of drug-likeness (QED) is 0.571. The molecule has 4 aromatic heterocycles. The van der Waals surface area contributed by atoms with Crippen molar-refractivity contribution in [1.29, 1.82) is 0 Å². The van der Waals surface area contributed by atoms with Crippen LogP contribution >= 0.6 is 11.3 Å². The van der Waals surface area contributed by atoms with Gasteiger partial charge >= 0.3 is 0 Å². The van der Waals surface area contributed by atoms with Gasteiger partial charge in [-0.1, -0.05) is 6.07 Å². The van der Waals surface area contributed by atoms with Gasteiger partial charge in [-0.25, -0.2) is 9.67 Å². The highest BCUT2D eigenvalue weighted by Crippen LogP contribution is 2.22. The van der Waals surface area contributed by atoms with Crippen LogP contribution in [0.1, 0.15) is 26.6 Å². The van der Waals surface area contributed by atoms with Crippen molar-refractivity contribution in [3.63, 3.8) is 0 Å². The van der Waals surface area contributed by atoms with Crippen LogP contribution in [0.25, 0.3) is 5.82 Å². The molecule has 0 aromatic carbocycles. The summed E-state index contributed by atoms with van der Waals surface area (Å²) in [5.41, 5.74) is 3.29. The van der Waals surface area contributed by atoms with Crippen LogP contribution in [0.2, 0.25) is 0 Å². The van der Waals surface area contributed by atoms with Gasteiger partial charge in [-0.15, -0.1) is 11.3 Å². The molecule has 27 heavy (non-hydrogen) atoms. The average molecular weight is 377 g/mol. The van der Waals surface area contributed by atoms with E-state index in [9.17, 15) is 4.79 Å². The third-order valence-corrected chi connectivity index (χ3v) is 5.33. The number of carbonyl (C=O) groups excluding carboxylic acids is 1. The van der Waals surface area contributed by atoms with Crippen molar-refractivity contribution in [2.24, 2.45) is 0 Å². The number of thiophene rings is 1. The van der Waals surface area contributed by atoms with Crippen LogP contribution in [-0.2, 0) is 6.54 Å². The van der Waals surface area contributed by atoms with Crippen molar-refractivity contribution in [2.45, 2.75) is 20.4 Å². The normalized spacial score (nSPS) is 10.9. The fraction of sp³-hybridized carbons (Fsp3) is 0.150. The number of anilines is 1. The van der Waals surface area contributed by atoms with Crippen LogP contribution < -0.4 is 5.32 Å². The number of aryl methyl sites for hydroxylation is 1. The van der Waals surface area contributed by atoms with Gasteiger partial charge < -0.3 is 9.88 Å². The molecule has 1 N–H and O–H groups in total. The fourth-order valence-electron chi connectivity index (χ4n) is 3.09. The van der Waals surface area contributed by atoms with Crippen LogP contribution in [-0.4, -0.2) is 25.2 Å². The topological polar surface area (TPSA) is 64.7 Å². The maximum absolute atomic E-state index is 12.9. The lowest BCUT2D eigenvalue weighted by molar-refractivity contribution is 0.102.